The van der Waals surface area contributed by atoms with Crippen molar-refractivity contribution in [2.24, 2.45) is 0 Å². The van der Waals surface area contributed by atoms with Crippen molar-refractivity contribution in [3.63, 3.8) is 0 Å². The fraction of sp³-hybridized carbons (Fsp3) is 0.273. The molecule has 0 saturated carbocycles. The summed E-state index contributed by atoms with van der Waals surface area (Å²) in [7, 11) is 0. The highest BCUT2D eigenvalue weighted by molar-refractivity contribution is 6.13. The van der Waals surface area contributed by atoms with Crippen molar-refractivity contribution in [1.82, 2.24) is 0 Å². The van der Waals surface area contributed by atoms with Gasteiger partial charge >= 0.3 is 0 Å². The number of hydrogen-bond donors (Lipinski definition) is 1. The summed E-state index contributed by atoms with van der Waals surface area (Å²) in [6.45, 7) is 11.3. The van der Waals surface area contributed by atoms with E-state index >= 15 is 0 Å². The van der Waals surface area contributed by atoms with Crippen LogP contribution in [0.3, 0.4) is 0 Å². The molecule has 1 heteroatoms. The van der Waals surface area contributed by atoms with Crippen LogP contribution in [0.25, 0.3) is 21.9 Å². The Labute approximate surface area is 138 Å². The summed E-state index contributed by atoms with van der Waals surface area (Å²) >= 11 is 0. The highest BCUT2D eigenvalue weighted by atomic mass is 14.9. The van der Waals surface area contributed by atoms with E-state index in [2.05, 4.69) is 82.4 Å². The van der Waals surface area contributed by atoms with Crippen molar-refractivity contribution < 1.29 is 0 Å². The van der Waals surface area contributed by atoms with E-state index in [1.54, 1.807) is 0 Å². The Bertz CT molecular complexity index is 942. The molecule has 3 aromatic carbocycles. The van der Waals surface area contributed by atoms with Crippen LogP contribution in [0.1, 0.15) is 37.5 Å². The first-order valence-corrected chi connectivity index (χ1v) is 8.32. The average molecular weight is 301 g/mol. The average Bonchev–Trinajstić information content (AvgIpc) is 2.50. The Morgan fingerprint density at radius 2 is 1.48 bits per heavy atom. The molecular weight excluding hydrogens is 278 g/mol. The molecule has 0 bridgehead atoms. The molecule has 0 unspecified atom stereocenters. The lowest BCUT2D eigenvalue weighted by atomic mass is 9.79. The zero-order valence-electron chi connectivity index (χ0n) is 14.5. The summed E-state index contributed by atoms with van der Waals surface area (Å²) in [6.07, 6.45) is 0. The number of anilines is 2. The van der Waals surface area contributed by atoms with Gasteiger partial charge in [-0.3, -0.25) is 0 Å². The number of rotatable bonds is 0. The van der Waals surface area contributed by atoms with Gasteiger partial charge in [0.05, 0.1) is 0 Å². The minimum absolute atomic E-state index is 0.134. The van der Waals surface area contributed by atoms with Crippen molar-refractivity contribution in [1.29, 1.82) is 0 Å². The molecule has 1 nitrogen and oxygen atoms in total. The molecule has 0 spiro atoms. The van der Waals surface area contributed by atoms with E-state index in [9.17, 15) is 0 Å². The Morgan fingerprint density at radius 1 is 0.783 bits per heavy atom. The van der Waals surface area contributed by atoms with Gasteiger partial charge in [0, 0.05) is 22.3 Å². The molecule has 1 N–H and O–H groups in total. The molecule has 0 fully saturated rings. The maximum absolute atomic E-state index is 3.72. The molecule has 0 atom stereocenters. The van der Waals surface area contributed by atoms with Gasteiger partial charge in [-0.2, -0.15) is 0 Å². The van der Waals surface area contributed by atoms with Gasteiger partial charge in [0.25, 0.3) is 0 Å². The van der Waals surface area contributed by atoms with E-state index in [0.717, 1.165) is 0 Å². The molecule has 4 rings (SSSR count). The van der Waals surface area contributed by atoms with Crippen LogP contribution in [0.5, 0.6) is 0 Å². The fourth-order valence-corrected chi connectivity index (χ4v) is 3.80. The third-order valence-electron chi connectivity index (χ3n) is 4.98. The van der Waals surface area contributed by atoms with Gasteiger partial charge in [-0.25, -0.2) is 0 Å². The van der Waals surface area contributed by atoms with Gasteiger partial charge in [-0.1, -0.05) is 63.2 Å². The Kier molecular flexibility index (Phi) is 2.87. The first kappa shape index (κ1) is 14.3. The van der Waals surface area contributed by atoms with Crippen molar-refractivity contribution in [2.45, 2.75) is 40.0 Å². The molecule has 1 aliphatic rings. The number of aryl methyl sites for hydroxylation is 2. The van der Waals surface area contributed by atoms with Gasteiger partial charge in [0.15, 0.2) is 0 Å². The van der Waals surface area contributed by atoms with Crippen LogP contribution in [0.4, 0.5) is 11.4 Å². The Hall–Kier alpha value is -2.28. The van der Waals surface area contributed by atoms with E-state index in [4.69, 9.17) is 0 Å². The molecule has 0 aliphatic carbocycles. The minimum Gasteiger partial charge on any atom is -0.354 e. The first-order valence-electron chi connectivity index (χ1n) is 8.32. The van der Waals surface area contributed by atoms with E-state index in [1.807, 2.05) is 0 Å². The van der Waals surface area contributed by atoms with Crippen LogP contribution in [-0.4, -0.2) is 0 Å². The zero-order valence-corrected chi connectivity index (χ0v) is 14.5. The van der Waals surface area contributed by atoms with Crippen LogP contribution >= 0.6 is 0 Å². The molecule has 0 radical (unpaired) electrons. The SMILES string of the molecule is Cc1cccc2c1Nc1c(C)cc(C(C)(C)C)c3cccc-2c13. The molecule has 116 valence electrons. The standard InChI is InChI=1S/C22H23N/c1-13-8-6-10-16-15-9-7-11-17-18(22(3,4)5)12-14(2)21(19(15)17)23-20(13)16/h6-12,23H,1-5H3. The smallest absolute Gasteiger partial charge is 0.0500 e. The normalized spacial score (nSPS) is 12.9. The highest BCUT2D eigenvalue weighted by Gasteiger charge is 2.25. The number of hydrogen-bond acceptors (Lipinski definition) is 1. The monoisotopic (exact) mass is 301 g/mol. The first-order chi connectivity index (χ1) is 10.9. The molecule has 1 aliphatic heterocycles. The van der Waals surface area contributed by atoms with Crippen molar-refractivity contribution >= 4 is 22.1 Å². The quantitative estimate of drug-likeness (QED) is 0.392. The second-order valence-electron chi connectivity index (χ2n) is 7.72. The van der Waals surface area contributed by atoms with Crippen molar-refractivity contribution in [3.8, 4) is 11.1 Å². The molecule has 0 saturated heterocycles. The predicted octanol–water partition coefficient (Wildman–Crippen LogP) is 6.48. The third-order valence-corrected chi connectivity index (χ3v) is 4.98. The maximum Gasteiger partial charge on any atom is 0.0500 e. The number of nitrogens with one attached hydrogen (secondary N) is 1. The number of fused-ring (bicyclic) bond motifs is 2. The zero-order chi connectivity index (χ0) is 16.4. The molecular formula is C22H23N. The molecule has 0 aromatic heterocycles. The topological polar surface area (TPSA) is 12.0 Å². The van der Waals surface area contributed by atoms with Crippen molar-refractivity contribution in [3.05, 3.63) is 59.2 Å². The molecule has 1 heterocycles. The van der Waals surface area contributed by atoms with E-state index in [1.165, 1.54) is 50.0 Å². The lowest BCUT2D eigenvalue weighted by Gasteiger charge is -2.29. The number of para-hydroxylation sites is 1. The van der Waals surface area contributed by atoms with E-state index in [0.29, 0.717) is 0 Å². The fourth-order valence-electron chi connectivity index (χ4n) is 3.80. The van der Waals surface area contributed by atoms with Crippen LogP contribution in [0.15, 0.2) is 42.5 Å². The summed E-state index contributed by atoms with van der Waals surface area (Å²) in [5, 5.41) is 6.46. The largest absolute Gasteiger partial charge is 0.354 e. The van der Waals surface area contributed by atoms with Gasteiger partial charge in [0.2, 0.25) is 0 Å². The van der Waals surface area contributed by atoms with Crippen LogP contribution in [-0.2, 0) is 5.41 Å². The number of benzene rings is 3. The lowest BCUT2D eigenvalue weighted by molar-refractivity contribution is 0.595. The van der Waals surface area contributed by atoms with Gasteiger partial charge < -0.3 is 5.32 Å². The van der Waals surface area contributed by atoms with Crippen LogP contribution < -0.4 is 5.32 Å². The Morgan fingerprint density at radius 3 is 2.22 bits per heavy atom. The summed E-state index contributed by atoms with van der Waals surface area (Å²) < 4.78 is 0. The van der Waals surface area contributed by atoms with E-state index in [-0.39, 0.29) is 5.41 Å². The van der Waals surface area contributed by atoms with Gasteiger partial charge in [-0.15, -0.1) is 0 Å². The predicted molar refractivity (Wildman–Crippen MR) is 101 cm³/mol. The lowest BCUT2D eigenvalue weighted by Crippen LogP contribution is -2.14. The van der Waals surface area contributed by atoms with Crippen molar-refractivity contribution in [2.75, 3.05) is 5.32 Å². The third kappa shape index (κ3) is 1.99. The van der Waals surface area contributed by atoms with Gasteiger partial charge in [-0.05, 0) is 46.9 Å². The molecule has 0 amide bonds. The summed E-state index contributed by atoms with van der Waals surface area (Å²) in [6, 6.07) is 15.6. The molecule has 23 heavy (non-hydrogen) atoms. The summed E-state index contributed by atoms with van der Waals surface area (Å²) in [4.78, 5) is 0. The summed E-state index contributed by atoms with van der Waals surface area (Å²) in [5.74, 6) is 0. The van der Waals surface area contributed by atoms with E-state index < -0.39 is 0 Å². The maximum atomic E-state index is 3.72. The van der Waals surface area contributed by atoms with Crippen LogP contribution in [0, 0.1) is 13.8 Å². The minimum atomic E-state index is 0.134. The second-order valence-corrected chi connectivity index (χ2v) is 7.72. The molecule has 3 aromatic rings. The highest BCUT2D eigenvalue weighted by Crippen LogP contribution is 2.48. The van der Waals surface area contributed by atoms with Crippen LogP contribution in [0.2, 0.25) is 0 Å². The summed E-state index contributed by atoms with van der Waals surface area (Å²) in [5.41, 5.74) is 9.36. The Balaban J connectivity index is 2.19. The van der Waals surface area contributed by atoms with Gasteiger partial charge in [0.1, 0.15) is 0 Å². The second kappa shape index (κ2) is 4.61.